The predicted octanol–water partition coefficient (Wildman–Crippen LogP) is -2.18. The smallest absolute Gasteiger partial charge is 0.184 e. The zero-order chi connectivity index (χ0) is 8.01. The highest BCUT2D eigenvalue weighted by Gasteiger charge is 2.49. The molecule has 0 radical (unpaired) electrons. The molecule has 0 aromatic rings. The molecule has 0 spiro atoms. The Morgan fingerprint density at radius 1 is 1.09 bits per heavy atom. The van der Waals surface area contributed by atoms with Crippen molar-refractivity contribution in [2.45, 2.75) is 30.7 Å². The van der Waals surface area contributed by atoms with Gasteiger partial charge >= 0.3 is 0 Å². The van der Waals surface area contributed by atoms with Crippen LogP contribution in [0, 0.1) is 0 Å². The molecule has 2 bridgehead atoms. The summed E-state index contributed by atoms with van der Waals surface area (Å²) in [6.07, 6.45) is -4.35. The van der Waals surface area contributed by atoms with E-state index in [1.165, 1.54) is 0 Å². The van der Waals surface area contributed by atoms with Crippen LogP contribution in [-0.2, 0) is 9.47 Å². The van der Waals surface area contributed by atoms with Crippen LogP contribution in [0.2, 0.25) is 0 Å². The maximum atomic E-state index is 9.28. The average Bonchev–Trinajstić information content (AvgIpc) is 2.23. The summed E-state index contributed by atoms with van der Waals surface area (Å²) >= 11 is 0. The molecular weight excluding hydrogens is 152 g/mol. The molecule has 3 N–H and O–H groups in total. The second-order valence-corrected chi connectivity index (χ2v) is 2.84. The van der Waals surface area contributed by atoms with Gasteiger partial charge in [0.1, 0.15) is 24.4 Å². The van der Waals surface area contributed by atoms with Crippen LogP contribution in [-0.4, -0.2) is 52.6 Å². The van der Waals surface area contributed by atoms with Gasteiger partial charge in [0.15, 0.2) is 6.29 Å². The van der Waals surface area contributed by atoms with Crippen molar-refractivity contribution in [3.8, 4) is 0 Å². The van der Waals surface area contributed by atoms with E-state index in [1.54, 1.807) is 0 Å². The lowest BCUT2D eigenvalue weighted by Crippen LogP contribution is -2.52. The van der Waals surface area contributed by atoms with Gasteiger partial charge in [-0.3, -0.25) is 0 Å². The highest BCUT2D eigenvalue weighted by molar-refractivity contribution is 4.94. The van der Waals surface area contributed by atoms with Crippen molar-refractivity contribution in [1.29, 1.82) is 0 Å². The predicted molar refractivity (Wildman–Crippen MR) is 32.6 cm³/mol. The van der Waals surface area contributed by atoms with E-state index < -0.39 is 30.7 Å². The molecule has 3 unspecified atom stereocenters. The van der Waals surface area contributed by atoms with E-state index in [0.717, 1.165) is 0 Å². The molecule has 2 aliphatic rings. The first-order chi connectivity index (χ1) is 5.20. The monoisotopic (exact) mass is 162 g/mol. The molecule has 2 heterocycles. The van der Waals surface area contributed by atoms with Crippen molar-refractivity contribution >= 4 is 0 Å². The third kappa shape index (κ3) is 0.969. The van der Waals surface area contributed by atoms with E-state index in [2.05, 4.69) is 0 Å². The molecule has 64 valence electrons. The lowest BCUT2D eigenvalue weighted by Gasteiger charge is -2.31. The minimum Gasteiger partial charge on any atom is -0.387 e. The third-order valence-corrected chi connectivity index (χ3v) is 2.11. The molecular formula is C6H10O5. The highest BCUT2D eigenvalue weighted by Crippen LogP contribution is 2.28. The van der Waals surface area contributed by atoms with E-state index in [9.17, 15) is 10.2 Å². The number of ether oxygens (including phenoxy) is 2. The van der Waals surface area contributed by atoms with Crippen LogP contribution in [0.5, 0.6) is 0 Å². The van der Waals surface area contributed by atoms with Crippen molar-refractivity contribution in [2.24, 2.45) is 0 Å². The van der Waals surface area contributed by atoms with Crippen LogP contribution in [0.1, 0.15) is 0 Å². The number of hydrogen-bond acceptors (Lipinski definition) is 5. The Bertz CT molecular complexity index is 161. The first kappa shape index (κ1) is 7.45. The van der Waals surface area contributed by atoms with Crippen molar-refractivity contribution in [1.82, 2.24) is 0 Å². The summed E-state index contributed by atoms with van der Waals surface area (Å²) in [4.78, 5) is 0. The molecule has 11 heavy (non-hydrogen) atoms. The normalized spacial score (nSPS) is 56.5. The molecule has 2 aliphatic heterocycles. The summed E-state index contributed by atoms with van der Waals surface area (Å²) in [7, 11) is 0. The van der Waals surface area contributed by atoms with Gasteiger partial charge in [-0.2, -0.15) is 0 Å². The largest absolute Gasteiger partial charge is 0.387 e. The number of aliphatic hydroxyl groups is 3. The van der Waals surface area contributed by atoms with Crippen LogP contribution in [0.3, 0.4) is 0 Å². The molecule has 5 nitrogen and oxygen atoms in total. The minimum atomic E-state index is -1.23. The molecule has 0 aromatic heterocycles. The average molecular weight is 162 g/mol. The molecule has 5 atom stereocenters. The van der Waals surface area contributed by atoms with Crippen molar-refractivity contribution in [3.05, 3.63) is 0 Å². The van der Waals surface area contributed by atoms with Gasteiger partial charge in [0.2, 0.25) is 0 Å². The Morgan fingerprint density at radius 3 is 2.55 bits per heavy atom. The molecule has 0 amide bonds. The van der Waals surface area contributed by atoms with Gasteiger partial charge in [-0.05, 0) is 0 Å². The van der Waals surface area contributed by atoms with E-state index in [4.69, 9.17) is 14.6 Å². The van der Waals surface area contributed by atoms with Gasteiger partial charge in [0.05, 0.1) is 6.61 Å². The van der Waals surface area contributed by atoms with Crippen LogP contribution in [0.15, 0.2) is 0 Å². The van der Waals surface area contributed by atoms with Crippen LogP contribution in [0.25, 0.3) is 0 Å². The second-order valence-electron chi connectivity index (χ2n) is 2.84. The fourth-order valence-electron chi connectivity index (χ4n) is 1.46. The molecule has 2 fully saturated rings. The quantitative estimate of drug-likeness (QED) is 0.377. The summed E-state index contributed by atoms with van der Waals surface area (Å²) in [5, 5.41) is 27.5. The second kappa shape index (κ2) is 2.40. The van der Waals surface area contributed by atoms with Crippen molar-refractivity contribution < 1.29 is 24.8 Å². The zero-order valence-corrected chi connectivity index (χ0v) is 5.75. The molecule has 5 heteroatoms. The lowest BCUT2D eigenvalue weighted by molar-refractivity contribution is -0.242. The first-order valence-corrected chi connectivity index (χ1v) is 3.51. The summed E-state index contributed by atoms with van der Waals surface area (Å²) in [6.45, 7) is 0.236. The summed E-state index contributed by atoms with van der Waals surface area (Å²) in [5.41, 5.74) is 0. The maximum absolute atomic E-state index is 9.28. The van der Waals surface area contributed by atoms with Crippen molar-refractivity contribution in [3.63, 3.8) is 0 Å². The maximum Gasteiger partial charge on any atom is 0.184 e. The summed E-state index contributed by atoms with van der Waals surface area (Å²) in [6, 6.07) is 0. The van der Waals surface area contributed by atoms with E-state index >= 15 is 0 Å². The lowest BCUT2D eigenvalue weighted by atomic mass is 10.0. The Morgan fingerprint density at radius 2 is 1.82 bits per heavy atom. The van der Waals surface area contributed by atoms with Gasteiger partial charge < -0.3 is 24.8 Å². The van der Waals surface area contributed by atoms with E-state index in [-0.39, 0.29) is 6.61 Å². The first-order valence-electron chi connectivity index (χ1n) is 3.51. The molecule has 2 saturated heterocycles. The number of hydrogen-bond donors (Lipinski definition) is 3. The van der Waals surface area contributed by atoms with Gasteiger partial charge in [-0.1, -0.05) is 0 Å². The zero-order valence-electron chi connectivity index (χ0n) is 5.75. The molecule has 0 aromatic carbocycles. The van der Waals surface area contributed by atoms with E-state index in [0.29, 0.717) is 0 Å². The van der Waals surface area contributed by atoms with Crippen molar-refractivity contribution in [2.75, 3.05) is 6.61 Å². The number of fused-ring (bicyclic) bond motifs is 2. The van der Waals surface area contributed by atoms with Crippen LogP contribution < -0.4 is 0 Å². The fourth-order valence-corrected chi connectivity index (χ4v) is 1.46. The van der Waals surface area contributed by atoms with E-state index in [1.807, 2.05) is 0 Å². The molecule has 2 rings (SSSR count). The third-order valence-electron chi connectivity index (χ3n) is 2.11. The van der Waals surface area contributed by atoms with Gasteiger partial charge in [-0.15, -0.1) is 0 Å². The SMILES string of the molecule is OC1O[C@H]2CO[C@@H](C1O)C2O. The van der Waals surface area contributed by atoms with Crippen LogP contribution in [0.4, 0.5) is 0 Å². The number of aliphatic hydroxyl groups excluding tert-OH is 3. The highest BCUT2D eigenvalue weighted by atomic mass is 16.7. The minimum absolute atomic E-state index is 0.236. The Labute approximate surface area is 63.2 Å². The molecule has 0 aliphatic carbocycles. The molecule has 0 saturated carbocycles. The Hall–Kier alpha value is -0.200. The van der Waals surface area contributed by atoms with Crippen LogP contribution >= 0.6 is 0 Å². The van der Waals surface area contributed by atoms with Gasteiger partial charge in [0, 0.05) is 0 Å². The van der Waals surface area contributed by atoms with Gasteiger partial charge in [-0.25, -0.2) is 0 Å². The fraction of sp³-hybridized carbons (Fsp3) is 1.00. The Kier molecular flexibility index (Phi) is 1.62. The summed E-state index contributed by atoms with van der Waals surface area (Å²) in [5.74, 6) is 0. The summed E-state index contributed by atoms with van der Waals surface area (Å²) < 4.78 is 9.82. The van der Waals surface area contributed by atoms with Gasteiger partial charge in [0.25, 0.3) is 0 Å². The standard InChI is InChI=1S/C6H10O5/c7-3-2-1-10-5(3)4(8)6(9)11-2/h2-9H,1H2/t2-,3?,4?,5+,6?/m0/s1. The Balaban J connectivity index is 2.16. The topological polar surface area (TPSA) is 79.2 Å². The number of rotatable bonds is 0.